The van der Waals surface area contributed by atoms with Gasteiger partial charge < -0.3 is 10.1 Å². The topological polar surface area (TPSA) is 113 Å². The number of aryl methyl sites for hydroxylation is 1. The Morgan fingerprint density at radius 2 is 2.10 bits per heavy atom. The van der Waals surface area contributed by atoms with Gasteiger partial charge in [0, 0.05) is 29.1 Å². The monoisotopic (exact) mass is 432 g/mol. The molecule has 5 rings (SSSR count). The zero-order valence-electron chi connectivity index (χ0n) is 16.6. The first-order chi connectivity index (χ1) is 15.0. The van der Waals surface area contributed by atoms with Gasteiger partial charge in [0.15, 0.2) is 0 Å². The molecule has 4 heterocycles. The highest BCUT2D eigenvalue weighted by molar-refractivity contribution is 8.09. The SMILES string of the molecule is COc1ccc(C#N)c(C2=CC3NC(=O)N(c4cncc5cnn(C)c45)C(=O)C3S2)c1. The quantitative estimate of drug-likeness (QED) is 0.676. The summed E-state index contributed by atoms with van der Waals surface area (Å²) < 4.78 is 6.90. The highest BCUT2D eigenvalue weighted by Gasteiger charge is 2.46. The molecule has 0 aliphatic carbocycles. The number of thioether (sulfide) groups is 1. The Labute approximate surface area is 181 Å². The molecular weight excluding hydrogens is 416 g/mol. The fourth-order valence-corrected chi connectivity index (χ4v) is 5.16. The molecule has 10 heteroatoms. The zero-order valence-corrected chi connectivity index (χ0v) is 17.4. The second-order valence-corrected chi connectivity index (χ2v) is 8.29. The highest BCUT2D eigenvalue weighted by atomic mass is 32.2. The van der Waals surface area contributed by atoms with Crippen LogP contribution in [0.4, 0.5) is 10.5 Å². The second kappa shape index (κ2) is 7.14. The van der Waals surface area contributed by atoms with E-state index in [-0.39, 0.29) is 5.91 Å². The lowest BCUT2D eigenvalue weighted by atomic mass is 10.0. The first kappa shape index (κ1) is 19.1. The largest absolute Gasteiger partial charge is 0.497 e. The summed E-state index contributed by atoms with van der Waals surface area (Å²) in [5.41, 5.74) is 2.17. The van der Waals surface area contributed by atoms with Crippen molar-refractivity contribution in [1.82, 2.24) is 20.1 Å². The molecule has 31 heavy (non-hydrogen) atoms. The van der Waals surface area contributed by atoms with Gasteiger partial charge in [0.2, 0.25) is 0 Å². The van der Waals surface area contributed by atoms with E-state index >= 15 is 0 Å². The maximum atomic E-state index is 13.4. The number of nitriles is 1. The summed E-state index contributed by atoms with van der Waals surface area (Å²) in [5.74, 6) is 0.262. The molecule has 2 aromatic heterocycles. The second-order valence-electron chi connectivity index (χ2n) is 7.11. The summed E-state index contributed by atoms with van der Waals surface area (Å²) in [7, 11) is 3.30. The van der Waals surface area contributed by atoms with Gasteiger partial charge in [0.05, 0.1) is 48.4 Å². The molecule has 1 N–H and O–H groups in total. The standard InChI is InChI=1S/C21H16N6O3S/c1-26-18-12(9-24-26)8-23-10-16(18)27-20(28)19-15(25-21(27)29)6-17(31-19)14-5-13(30-2)4-3-11(14)7-22/h3-6,8-10,15,19H,1-2H3,(H,25,29). The Hall–Kier alpha value is -3.84. The Bertz CT molecular complexity index is 1320. The van der Waals surface area contributed by atoms with Gasteiger partial charge in [0.1, 0.15) is 11.0 Å². The Balaban J connectivity index is 1.52. The van der Waals surface area contributed by atoms with Gasteiger partial charge in [-0.05, 0) is 24.3 Å². The van der Waals surface area contributed by atoms with Gasteiger partial charge in [-0.15, -0.1) is 11.8 Å². The van der Waals surface area contributed by atoms with Crippen molar-refractivity contribution in [3.63, 3.8) is 0 Å². The summed E-state index contributed by atoms with van der Waals surface area (Å²) in [6, 6.07) is 6.33. The van der Waals surface area contributed by atoms with E-state index in [0.29, 0.717) is 28.1 Å². The zero-order chi connectivity index (χ0) is 21.7. The van der Waals surface area contributed by atoms with Crippen LogP contribution in [0.3, 0.4) is 0 Å². The van der Waals surface area contributed by atoms with Gasteiger partial charge >= 0.3 is 6.03 Å². The van der Waals surface area contributed by atoms with Crippen LogP contribution in [0.25, 0.3) is 15.8 Å². The van der Waals surface area contributed by atoms with Crippen molar-refractivity contribution in [1.29, 1.82) is 5.26 Å². The van der Waals surface area contributed by atoms with Crippen molar-refractivity contribution in [2.75, 3.05) is 12.0 Å². The molecule has 2 atom stereocenters. The molecule has 0 spiro atoms. The smallest absolute Gasteiger partial charge is 0.329 e. The van der Waals surface area contributed by atoms with Gasteiger partial charge in [-0.3, -0.25) is 14.5 Å². The molecule has 3 amide bonds. The number of rotatable bonds is 3. The van der Waals surface area contributed by atoms with Gasteiger partial charge in [0.25, 0.3) is 5.91 Å². The van der Waals surface area contributed by atoms with Crippen LogP contribution in [-0.4, -0.2) is 45.1 Å². The van der Waals surface area contributed by atoms with Gasteiger partial charge in [-0.2, -0.15) is 10.4 Å². The third kappa shape index (κ3) is 2.93. The van der Waals surface area contributed by atoms with Crippen molar-refractivity contribution in [3.05, 3.63) is 54.0 Å². The van der Waals surface area contributed by atoms with Gasteiger partial charge in [-0.25, -0.2) is 9.69 Å². The molecule has 2 unspecified atom stereocenters. The van der Waals surface area contributed by atoms with Crippen LogP contribution in [-0.2, 0) is 11.8 Å². The number of nitrogens with one attached hydrogen (secondary N) is 1. The fraction of sp³-hybridized carbons (Fsp3) is 0.190. The number of carbonyl (C=O) groups excluding carboxylic acids is 2. The van der Waals surface area contributed by atoms with E-state index < -0.39 is 17.3 Å². The Kier molecular flexibility index (Phi) is 4.41. The molecule has 0 saturated carbocycles. The van der Waals surface area contributed by atoms with E-state index in [9.17, 15) is 14.9 Å². The number of fused-ring (bicyclic) bond motifs is 2. The van der Waals surface area contributed by atoms with Crippen molar-refractivity contribution >= 4 is 45.2 Å². The predicted molar refractivity (Wildman–Crippen MR) is 115 cm³/mol. The van der Waals surface area contributed by atoms with Crippen LogP contribution in [0, 0.1) is 11.3 Å². The number of benzene rings is 1. The average Bonchev–Trinajstić information content (AvgIpc) is 3.37. The molecular formula is C21H16N6O3S. The number of carbonyl (C=O) groups is 2. The summed E-state index contributed by atoms with van der Waals surface area (Å²) in [4.78, 5) is 32.4. The molecule has 0 radical (unpaired) electrons. The predicted octanol–water partition coefficient (Wildman–Crippen LogP) is 2.43. The van der Waals surface area contributed by atoms with E-state index in [1.54, 1.807) is 49.4 Å². The van der Waals surface area contributed by atoms with Crippen LogP contribution in [0.1, 0.15) is 11.1 Å². The minimum Gasteiger partial charge on any atom is -0.497 e. The molecule has 154 valence electrons. The third-order valence-corrected chi connectivity index (χ3v) is 6.70. The fourth-order valence-electron chi connectivity index (χ4n) is 3.86. The molecule has 0 bridgehead atoms. The molecule has 1 fully saturated rings. The number of anilines is 1. The summed E-state index contributed by atoms with van der Waals surface area (Å²) in [6.07, 6.45) is 6.58. The van der Waals surface area contributed by atoms with Crippen LogP contribution >= 0.6 is 11.8 Å². The summed E-state index contributed by atoms with van der Waals surface area (Å²) in [5, 5.41) is 16.8. The molecule has 1 aromatic carbocycles. The minimum absolute atomic E-state index is 0.345. The molecule has 9 nitrogen and oxygen atoms in total. The number of nitrogens with zero attached hydrogens (tertiary/aromatic N) is 5. The van der Waals surface area contributed by atoms with E-state index in [4.69, 9.17) is 4.74 Å². The van der Waals surface area contributed by atoms with Crippen molar-refractivity contribution in [2.45, 2.75) is 11.3 Å². The first-order valence-corrected chi connectivity index (χ1v) is 10.3. The molecule has 2 aliphatic rings. The maximum absolute atomic E-state index is 13.4. The lowest BCUT2D eigenvalue weighted by Gasteiger charge is -2.33. The van der Waals surface area contributed by atoms with E-state index in [1.807, 2.05) is 6.08 Å². The number of hydrogen-bond donors (Lipinski definition) is 1. The maximum Gasteiger partial charge on any atom is 0.329 e. The normalized spacial score (nSPS) is 20.3. The number of methoxy groups -OCH3 is 1. The number of imide groups is 1. The lowest BCUT2D eigenvalue weighted by Crippen LogP contribution is -2.60. The molecule has 3 aromatic rings. The van der Waals surface area contributed by atoms with Crippen LogP contribution in [0.2, 0.25) is 0 Å². The highest BCUT2D eigenvalue weighted by Crippen LogP contribution is 2.44. The average molecular weight is 432 g/mol. The van der Waals surface area contributed by atoms with E-state index in [2.05, 4.69) is 21.5 Å². The number of urea groups is 1. The van der Waals surface area contributed by atoms with Gasteiger partial charge in [-0.1, -0.05) is 0 Å². The summed E-state index contributed by atoms with van der Waals surface area (Å²) >= 11 is 1.32. The van der Waals surface area contributed by atoms with E-state index in [1.165, 1.54) is 18.0 Å². The van der Waals surface area contributed by atoms with Crippen LogP contribution in [0.5, 0.6) is 5.75 Å². The Morgan fingerprint density at radius 1 is 1.26 bits per heavy atom. The number of pyridine rings is 1. The van der Waals surface area contributed by atoms with Crippen molar-refractivity contribution in [2.24, 2.45) is 7.05 Å². The minimum atomic E-state index is -0.561. The van der Waals surface area contributed by atoms with Crippen LogP contribution < -0.4 is 15.0 Å². The number of aromatic nitrogens is 3. The number of hydrogen-bond acceptors (Lipinski definition) is 7. The number of amides is 3. The van der Waals surface area contributed by atoms with E-state index in [0.717, 1.165) is 15.2 Å². The van der Waals surface area contributed by atoms with Crippen molar-refractivity contribution in [3.8, 4) is 11.8 Å². The lowest BCUT2D eigenvalue weighted by molar-refractivity contribution is -0.118. The Morgan fingerprint density at radius 3 is 2.87 bits per heavy atom. The molecule has 2 aliphatic heterocycles. The van der Waals surface area contributed by atoms with Crippen LogP contribution in [0.15, 0.2) is 42.9 Å². The third-order valence-electron chi connectivity index (χ3n) is 5.34. The molecule has 1 saturated heterocycles. The number of ether oxygens (including phenoxy) is 1. The first-order valence-electron chi connectivity index (χ1n) is 9.39. The summed E-state index contributed by atoms with van der Waals surface area (Å²) in [6.45, 7) is 0. The van der Waals surface area contributed by atoms with Crippen molar-refractivity contribution < 1.29 is 14.3 Å².